The molecule has 0 bridgehead atoms. The number of nitrogens with one attached hydrogen (secondary N) is 1. The minimum atomic E-state index is -0.279. The first kappa shape index (κ1) is 21.6. The second kappa shape index (κ2) is 9.24. The lowest BCUT2D eigenvalue weighted by molar-refractivity contribution is 0.0985. The summed E-state index contributed by atoms with van der Waals surface area (Å²) in [5, 5.41) is 2.84. The number of nitrogens with zero attached hydrogens (tertiary/aromatic N) is 2. The van der Waals surface area contributed by atoms with Crippen LogP contribution in [0.3, 0.4) is 0 Å². The van der Waals surface area contributed by atoms with E-state index < -0.39 is 0 Å². The van der Waals surface area contributed by atoms with Crippen LogP contribution in [0.25, 0.3) is 0 Å². The average molecular weight is 429 g/mol. The van der Waals surface area contributed by atoms with E-state index in [2.05, 4.69) is 30.4 Å². The van der Waals surface area contributed by atoms with Gasteiger partial charge in [0.1, 0.15) is 0 Å². The molecular weight excluding hydrogens is 400 g/mol. The largest absolute Gasteiger partial charge is 0.398 e. The Kier molecular flexibility index (Phi) is 6.23. The molecule has 1 atom stereocenters. The summed E-state index contributed by atoms with van der Waals surface area (Å²) in [5.41, 5.74) is 10.1. The molecule has 1 heterocycles. The summed E-state index contributed by atoms with van der Waals surface area (Å²) in [6, 6.07) is 22.4. The van der Waals surface area contributed by atoms with Gasteiger partial charge in [0.25, 0.3) is 11.8 Å². The lowest BCUT2D eigenvalue weighted by atomic mass is 10.0. The molecule has 6 heteroatoms. The minimum absolute atomic E-state index is 0.0398. The lowest BCUT2D eigenvalue weighted by Gasteiger charge is -2.27. The summed E-state index contributed by atoms with van der Waals surface area (Å²) in [6.07, 6.45) is 1.93. The Morgan fingerprint density at radius 1 is 0.969 bits per heavy atom. The van der Waals surface area contributed by atoms with Gasteiger partial charge in [0.2, 0.25) is 0 Å². The van der Waals surface area contributed by atoms with E-state index in [0.29, 0.717) is 29.0 Å². The fourth-order valence-corrected chi connectivity index (χ4v) is 4.24. The molecule has 4 rings (SSSR count). The van der Waals surface area contributed by atoms with Crippen LogP contribution in [0.4, 0.5) is 17.1 Å². The van der Waals surface area contributed by atoms with Crippen molar-refractivity contribution in [3.05, 3.63) is 89.5 Å². The summed E-state index contributed by atoms with van der Waals surface area (Å²) >= 11 is 0. The van der Waals surface area contributed by atoms with Crippen LogP contribution in [-0.4, -0.2) is 37.4 Å². The van der Waals surface area contributed by atoms with Crippen LogP contribution < -0.4 is 16.0 Å². The molecule has 2 amide bonds. The van der Waals surface area contributed by atoms with Gasteiger partial charge in [0.15, 0.2) is 0 Å². The Morgan fingerprint density at radius 3 is 2.38 bits per heavy atom. The van der Waals surface area contributed by atoms with Gasteiger partial charge >= 0.3 is 0 Å². The Labute approximate surface area is 188 Å². The van der Waals surface area contributed by atoms with E-state index in [4.69, 9.17) is 5.73 Å². The van der Waals surface area contributed by atoms with Gasteiger partial charge in [0.05, 0.1) is 5.56 Å². The molecule has 0 aromatic heterocycles. The van der Waals surface area contributed by atoms with Gasteiger partial charge in [-0.15, -0.1) is 0 Å². The van der Waals surface area contributed by atoms with Crippen molar-refractivity contribution in [2.45, 2.75) is 18.9 Å². The number of para-hydroxylation sites is 2. The third kappa shape index (κ3) is 4.36. The van der Waals surface area contributed by atoms with Gasteiger partial charge in [-0.25, -0.2) is 0 Å². The number of benzene rings is 3. The molecule has 0 aliphatic carbocycles. The SMILES string of the molecule is CN(C)C1CCCN(C(=O)c2ccc(NC(=O)c3ccccc3N)cc2)c2ccccc21. The van der Waals surface area contributed by atoms with E-state index in [9.17, 15) is 9.59 Å². The van der Waals surface area contributed by atoms with Gasteiger partial charge in [0, 0.05) is 35.2 Å². The maximum atomic E-state index is 13.4. The fraction of sp³-hybridized carbons (Fsp3) is 0.231. The zero-order chi connectivity index (χ0) is 22.7. The van der Waals surface area contributed by atoms with Crippen LogP contribution in [0, 0.1) is 0 Å². The highest BCUT2D eigenvalue weighted by atomic mass is 16.2. The summed E-state index contributed by atoms with van der Waals surface area (Å²) in [6.45, 7) is 0.673. The molecule has 0 saturated carbocycles. The molecule has 0 radical (unpaired) electrons. The van der Waals surface area contributed by atoms with E-state index in [-0.39, 0.29) is 17.9 Å². The van der Waals surface area contributed by atoms with Crippen LogP contribution in [-0.2, 0) is 0 Å². The highest BCUT2D eigenvalue weighted by Crippen LogP contribution is 2.36. The number of hydrogen-bond donors (Lipinski definition) is 2. The monoisotopic (exact) mass is 428 g/mol. The van der Waals surface area contributed by atoms with E-state index in [1.807, 2.05) is 23.1 Å². The predicted molar refractivity (Wildman–Crippen MR) is 129 cm³/mol. The number of carbonyl (C=O) groups is 2. The highest BCUT2D eigenvalue weighted by molar-refractivity contribution is 6.09. The Bertz CT molecular complexity index is 1120. The summed E-state index contributed by atoms with van der Waals surface area (Å²) in [7, 11) is 4.16. The van der Waals surface area contributed by atoms with Crippen LogP contribution in [0.5, 0.6) is 0 Å². The Hall–Kier alpha value is -3.64. The lowest BCUT2D eigenvalue weighted by Crippen LogP contribution is -2.31. The number of fused-ring (bicyclic) bond motifs is 1. The molecule has 0 fully saturated rings. The third-order valence-corrected chi connectivity index (χ3v) is 5.91. The molecule has 164 valence electrons. The van der Waals surface area contributed by atoms with Gasteiger partial charge < -0.3 is 20.9 Å². The van der Waals surface area contributed by atoms with Crippen molar-refractivity contribution in [1.82, 2.24) is 4.90 Å². The van der Waals surface area contributed by atoms with Crippen LogP contribution >= 0.6 is 0 Å². The van der Waals surface area contributed by atoms with Crippen molar-refractivity contribution in [3.8, 4) is 0 Å². The summed E-state index contributed by atoms with van der Waals surface area (Å²) < 4.78 is 0. The zero-order valence-corrected chi connectivity index (χ0v) is 18.4. The molecule has 3 aromatic rings. The molecule has 3 N–H and O–H groups in total. The molecular formula is C26H28N4O2. The molecule has 3 aromatic carbocycles. The van der Waals surface area contributed by atoms with Crippen molar-refractivity contribution >= 4 is 28.9 Å². The van der Waals surface area contributed by atoms with Crippen LogP contribution in [0.1, 0.15) is 45.2 Å². The zero-order valence-electron chi connectivity index (χ0n) is 18.4. The van der Waals surface area contributed by atoms with Crippen molar-refractivity contribution < 1.29 is 9.59 Å². The maximum absolute atomic E-state index is 13.4. The smallest absolute Gasteiger partial charge is 0.258 e. The number of amides is 2. The normalized spacial score (nSPS) is 15.7. The van der Waals surface area contributed by atoms with E-state index in [1.165, 1.54) is 5.56 Å². The molecule has 1 aliphatic heterocycles. The van der Waals surface area contributed by atoms with Crippen molar-refractivity contribution in [2.24, 2.45) is 0 Å². The molecule has 1 unspecified atom stereocenters. The predicted octanol–water partition coefficient (Wildman–Crippen LogP) is 4.56. The number of carbonyl (C=O) groups excluding carboxylic acids is 2. The van der Waals surface area contributed by atoms with E-state index in [1.54, 1.807) is 48.5 Å². The maximum Gasteiger partial charge on any atom is 0.258 e. The summed E-state index contributed by atoms with van der Waals surface area (Å²) in [4.78, 5) is 30.0. The number of nitrogens with two attached hydrogens (primary N) is 1. The standard InChI is InChI=1S/C26H28N4O2/c1-29(2)23-12-7-17-30(24-11-6-4-9-21(23)24)26(32)18-13-15-19(16-14-18)28-25(31)20-8-3-5-10-22(20)27/h3-6,8-11,13-16,23H,7,12,17,27H2,1-2H3,(H,28,31). The van der Waals surface area contributed by atoms with Gasteiger partial charge in [-0.2, -0.15) is 0 Å². The number of rotatable bonds is 4. The second-order valence-electron chi connectivity index (χ2n) is 8.26. The molecule has 6 nitrogen and oxygen atoms in total. The molecule has 0 saturated heterocycles. The van der Waals surface area contributed by atoms with Crippen molar-refractivity contribution in [1.29, 1.82) is 0 Å². The molecule has 0 spiro atoms. The number of nitrogen functional groups attached to an aromatic ring is 1. The fourth-order valence-electron chi connectivity index (χ4n) is 4.24. The number of hydrogen-bond acceptors (Lipinski definition) is 4. The van der Waals surface area contributed by atoms with Crippen molar-refractivity contribution in [2.75, 3.05) is 36.6 Å². The van der Waals surface area contributed by atoms with Gasteiger partial charge in [-0.1, -0.05) is 30.3 Å². The van der Waals surface area contributed by atoms with Crippen molar-refractivity contribution in [3.63, 3.8) is 0 Å². The highest BCUT2D eigenvalue weighted by Gasteiger charge is 2.27. The van der Waals surface area contributed by atoms with Gasteiger partial charge in [-0.05, 0) is 75.0 Å². The summed E-state index contributed by atoms with van der Waals surface area (Å²) in [5.74, 6) is -0.319. The number of anilines is 3. The third-order valence-electron chi connectivity index (χ3n) is 5.91. The first-order valence-electron chi connectivity index (χ1n) is 10.8. The van der Waals surface area contributed by atoms with E-state index >= 15 is 0 Å². The minimum Gasteiger partial charge on any atom is -0.398 e. The topological polar surface area (TPSA) is 78.7 Å². The van der Waals surface area contributed by atoms with Gasteiger partial charge in [-0.3, -0.25) is 9.59 Å². The van der Waals surface area contributed by atoms with Crippen LogP contribution in [0.2, 0.25) is 0 Å². The first-order chi connectivity index (χ1) is 15.5. The Morgan fingerprint density at radius 2 is 1.66 bits per heavy atom. The van der Waals surface area contributed by atoms with Crippen LogP contribution in [0.15, 0.2) is 72.8 Å². The quantitative estimate of drug-likeness (QED) is 0.597. The second-order valence-corrected chi connectivity index (χ2v) is 8.26. The average Bonchev–Trinajstić information content (AvgIpc) is 2.99. The van der Waals surface area contributed by atoms with E-state index in [0.717, 1.165) is 18.5 Å². The first-order valence-corrected chi connectivity index (χ1v) is 10.8. The molecule has 32 heavy (non-hydrogen) atoms. The molecule has 1 aliphatic rings. The Balaban J connectivity index is 1.54.